The van der Waals surface area contributed by atoms with Gasteiger partial charge < -0.3 is 5.32 Å². The Hall–Kier alpha value is -3.33. The molecule has 3 heterocycles. The molecule has 1 aromatic carbocycles. The quantitative estimate of drug-likeness (QED) is 0.587. The number of sulfonamides is 1. The highest BCUT2D eigenvalue weighted by atomic mass is 32.2. The fourth-order valence-corrected chi connectivity index (χ4v) is 4.26. The molecule has 0 bridgehead atoms. The average molecular weight is 465 g/mol. The van der Waals surface area contributed by atoms with Gasteiger partial charge in [-0.3, -0.25) is 24.2 Å². The predicted octanol–water partition coefficient (Wildman–Crippen LogP) is 4.18. The first-order valence-electron chi connectivity index (χ1n) is 10.7. The largest absolute Gasteiger partial charge is 0.352 e. The lowest BCUT2D eigenvalue weighted by atomic mass is 10.1. The Morgan fingerprint density at radius 2 is 1.76 bits per heavy atom. The van der Waals surface area contributed by atoms with Gasteiger partial charge in [-0.15, -0.1) is 0 Å². The second-order valence-corrected chi connectivity index (χ2v) is 10.6. The smallest absolute Gasteiger partial charge is 0.232 e. The van der Waals surface area contributed by atoms with Crippen LogP contribution in [-0.4, -0.2) is 42.4 Å². The second kappa shape index (κ2) is 8.55. The molecule has 2 aromatic heterocycles. The predicted molar refractivity (Wildman–Crippen MR) is 133 cm³/mol. The van der Waals surface area contributed by atoms with Crippen molar-refractivity contribution in [3.05, 3.63) is 64.5 Å². The Morgan fingerprint density at radius 3 is 2.45 bits per heavy atom. The third-order valence-electron chi connectivity index (χ3n) is 5.71. The lowest BCUT2D eigenvalue weighted by Gasteiger charge is -2.22. The fraction of sp³-hybridized carbons (Fsp3) is 0.333. The third-order valence-corrected chi connectivity index (χ3v) is 6.90. The summed E-state index contributed by atoms with van der Waals surface area (Å²) < 4.78 is 25.8. The van der Waals surface area contributed by atoms with E-state index in [2.05, 4.69) is 15.3 Å². The van der Waals surface area contributed by atoms with E-state index in [0.717, 1.165) is 51.1 Å². The minimum Gasteiger partial charge on any atom is -0.352 e. The summed E-state index contributed by atoms with van der Waals surface area (Å²) in [5.41, 5.74) is 9.19. The van der Waals surface area contributed by atoms with Crippen molar-refractivity contribution in [2.24, 2.45) is 4.99 Å². The van der Waals surface area contributed by atoms with Gasteiger partial charge >= 0.3 is 0 Å². The zero-order valence-corrected chi connectivity index (χ0v) is 20.6. The number of aromatic nitrogens is 3. The molecule has 0 radical (unpaired) electrons. The lowest BCUT2D eigenvalue weighted by Crippen LogP contribution is -2.25. The topological polar surface area (TPSA) is 100 Å². The van der Waals surface area contributed by atoms with E-state index in [1.165, 1.54) is 10.6 Å². The number of nitrogens with one attached hydrogen (secondary N) is 1. The van der Waals surface area contributed by atoms with Gasteiger partial charge in [-0.2, -0.15) is 0 Å². The molecule has 8 nitrogen and oxygen atoms in total. The molecule has 0 aliphatic carbocycles. The maximum absolute atomic E-state index is 12.2. The molecule has 0 fully saturated rings. The van der Waals surface area contributed by atoms with Crippen LogP contribution in [0.15, 0.2) is 35.5 Å². The summed E-state index contributed by atoms with van der Waals surface area (Å²) in [5, 5.41) is 3.43. The highest BCUT2D eigenvalue weighted by Gasteiger charge is 2.22. The summed E-state index contributed by atoms with van der Waals surface area (Å²) in [7, 11) is -1.87. The van der Waals surface area contributed by atoms with Crippen LogP contribution in [0.4, 0.5) is 22.7 Å². The van der Waals surface area contributed by atoms with Crippen LogP contribution in [0, 0.1) is 20.8 Å². The van der Waals surface area contributed by atoms with Gasteiger partial charge in [-0.1, -0.05) is 6.07 Å². The Kier molecular flexibility index (Phi) is 5.92. The van der Waals surface area contributed by atoms with Crippen LogP contribution in [0.1, 0.15) is 41.0 Å². The summed E-state index contributed by atoms with van der Waals surface area (Å²) >= 11 is 0. The number of pyridine rings is 1. The molecule has 172 valence electrons. The van der Waals surface area contributed by atoms with E-state index in [1.54, 1.807) is 13.2 Å². The summed E-state index contributed by atoms with van der Waals surface area (Å²) in [6.45, 7) is 7.80. The molecule has 0 saturated carbocycles. The molecule has 1 aliphatic heterocycles. The van der Waals surface area contributed by atoms with Crippen LogP contribution < -0.4 is 9.62 Å². The average Bonchev–Trinajstić information content (AvgIpc) is 3.11. The standard InChI is InChI=1S/C24H28N6O2S/c1-14-7-8-20(23(9-14)30(5)33(6,31)32)29-22-12-18(28-21-10-15(2)26-24(21)22)11-19-13-25-16(3)17(4)27-19/h7-9,12-13H,10-11H2,1-6H3,(H,28,29). The number of nitrogens with zero attached hydrogens (tertiary/aromatic N) is 5. The number of benzene rings is 1. The van der Waals surface area contributed by atoms with E-state index in [0.29, 0.717) is 24.2 Å². The number of hydrogen-bond donors (Lipinski definition) is 1. The van der Waals surface area contributed by atoms with Gasteiger partial charge in [-0.25, -0.2) is 8.42 Å². The van der Waals surface area contributed by atoms with Gasteiger partial charge in [0.2, 0.25) is 10.0 Å². The number of rotatable bonds is 6. The third kappa shape index (κ3) is 4.88. The van der Waals surface area contributed by atoms with Crippen molar-refractivity contribution in [2.45, 2.75) is 40.5 Å². The molecule has 1 N–H and O–H groups in total. The van der Waals surface area contributed by atoms with E-state index in [-0.39, 0.29) is 0 Å². The van der Waals surface area contributed by atoms with E-state index in [9.17, 15) is 8.42 Å². The molecule has 1 aliphatic rings. The summed E-state index contributed by atoms with van der Waals surface area (Å²) in [6.07, 6.45) is 4.20. The maximum Gasteiger partial charge on any atom is 0.232 e. The van der Waals surface area contributed by atoms with Gasteiger partial charge in [0, 0.05) is 37.5 Å². The first-order valence-corrected chi connectivity index (χ1v) is 12.5. The number of fused-ring (bicyclic) bond motifs is 1. The zero-order chi connectivity index (χ0) is 23.9. The summed E-state index contributed by atoms with van der Waals surface area (Å²) in [5.74, 6) is 0. The minimum atomic E-state index is -3.43. The molecule has 3 aromatic rings. The van der Waals surface area contributed by atoms with Crippen LogP contribution in [-0.2, 0) is 22.9 Å². The van der Waals surface area contributed by atoms with Crippen molar-refractivity contribution >= 4 is 38.5 Å². The maximum atomic E-state index is 12.2. The van der Waals surface area contributed by atoms with Gasteiger partial charge in [-0.05, 0) is 51.5 Å². The van der Waals surface area contributed by atoms with Crippen molar-refractivity contribution in [3.8, 4) is 0 Å². The Balaban J connectivity index is 1.76. The highest BCUT2D eigenvalue weighted by molar-refractivity contribution is 7.92. The van der Waals surface area contributed by atoms with E-state index in [1.807, 2.05) is 52.0 Å². The van der Waals surface area contributed by atoms with Gasteiger partial charge in [0.25, 0.3) is 0 Å². The molecule has 0 amide bonds. The number of hydrogen-bond acceptors (Lipinski definition) is 7. The summed E-state index contributed by atoms with van der Waals surface area (Å²) in [6, 6.07) is 7.65. The van der Waals surface area contributed by atoms with Crippen LogP contribution >= 0.6 is 0 Å². The van der Waals surface area contributed by atoms with Crippen molar-refractivity contribution in [3.63, 3.8) is 0 Å². The molecule has 0 saturated heterocycles. The summed E-state index contributed by atoms with van der Waals surface area (Å²) in [4.78, 5) is 18.6. The molecule has 4 rings (SSSR count). The molecule has 33 heavy (non-hydrogen) atoms. The van der Waals surface area contributed by atoms with Gasteiger partial charge in [0.1, 0.15) is 5.69 Å². The number of aryl methyl sites for hydroxylation is 3. The van der Waals surface area contributed by atoms with Crippen LogP contribution in [0.25, 0.3) is 0 Å². The highest BCUT2D eigenvalue weighted by Crippen LogP contribution is 2.39. The Morgan fingerprint density at radius 1 is 1.00 bits per heavy atom. The minimum absolute atomic E-state index is 0.541. The van der Waals surface area contributed by atoms with Crippen LogP contribution in [0.2, 0.25) is 0 Å². The molecular weight excluding hydrogens is 436 g/mol. The molecular formula is C24H28N6O2S. The second-order valence-electron chi connectivity index (χ2n) is 8.57. The van der Waals surface area contributed by atoms with Crippen molar-refractivity contribution in [1.29, 1.82) is 0 Å². The fourth-order valence-electron chi connectivity index (χ4n) is 3.75. The SMILES string of the molecule is CC1=Nc2c(Nc3ccc(C)cc3N(C)S(C)(=O)=O)cc(Cc3cnc(C)c(C)n3)nc2C1. The van der Waals surface area contributed by atoms with Gasteiger partial charge in [0.05, 0.1) is 46.1 Å². The Bertz CT molecular complexity index is 1380. The van der Waals surface area contributed by atoms with Gasteiger partial charge in [0.15, 0.2) is 0 Å². The monoisotopic (exact) mass is 464 g/mol. The van der Waals surface area contributed by atoms with Crippen LogP contribution in [0.3, 0.4) is 0 Å². The van der Waals surface area contributed by atoms with E-state index >= 15 is 0 Å². The van der Waals surface area contributed by atoms with Crippen molar-refractivity contribution < 1.29 is 8.42 Å². The molecule has 9 heteroatoms. The van der Waals surface area contributed by atoms with Crippen molar-refractivity contribution in [2.75, 3.05) is 22.9 Å². The Labute approximate surface area is 194 Å². The lowest BCUT2D eigenvalue weighted by molar-refractivity contribution is 0.600. The number of anilines is 3. The van der Waals surface area contributed by atoms with E-state index < -0.39 is 10.0 Å². The normalized spacial score (nSPS) is 13.0. The number of aliphatic imine (C=N–C) groups is 1. The van der Waals surface area contributed by atoms with E-state index in [4.69, 9.17) is 9.98 Å². The van der Waals surface area contributed by atoms with Crippen molar-refractivity contribution in [1.82, 2.24) is 15.0 Å². The first-order chi connectivity index (χ1) is 15.5. The zero-order valence-electron chi connectivity index (χ0n) is 19.8. The van der Waals surface area contributed by atoms with Crippen LogP contribution in [0.5, 0.6) is 0 Å². The molecule has 0 atom stereocenters. The molecule has 0 unspecified atom stereocenters. The molecule has 0 spiro atoms. The first kappa shape index (κ1) is 22.8.